The van der Waals surface area contributed by atoms with Gasteiger partial charge in [0.05, 0.1) is 5.57 Å². The van der Waals surface area contributed by atoms with Crippen molar-refractivity contribution in [2.24, 2.45) is 0 Å². The summed E-state index contributed by atoms with van der Waals surface area (Å²) in [5, 5.41) is 3.28. The molecule has 0 unspecified atom stereocenters. The molecule has 0 aromatic heterocycles. The lowest BCUT2D eigenvalue weighted by molar-refractivity contribution is -0.0881. The zero-order valence-corrected chi connectivity index (χ0v) is 11.9. The number of nitrogens with one attached hydrogen (secondary N) is 1. The minimum atomic E-state index is -4.30. The molecule has 1 aromatic carbocycles. The molecule has 1 N–H and O–H groups in total. The van der Waals surface area contributed by atoms with Crippen LogP contribution in [0.5, 0.6) is 0 Å². The van der Waals surface area contributed by atoms with Crippen LogP contribution in [0.3, 0.4) is 0 Å². The van der Waals surface area contributed by atoms with Crippen molar-refractivity contribution in [2.75, 3.05) is 11.9 Å². The highest BCUT2D eigenvalue weighted by Gasteiger charge is 2.31. The molecule has 1 aliphatic rings. The van der Waals surface area contributed by atoms with Crippen molar-refractivity contribution >= 4 is 11.3 Å². The van der Waals surface area contributed by atoms with E-state index in [1.165, 1.54) is 0 Å². The first-order valence-corrected chi connectivity index (χ1v) is 6.99. The van der Waals surface area contributed by atoms with E-state index in [9.17, 15) is 13.2 Å². The fourth-order valence-corrected chi connectivity index (χ4v) is 2.13. The summed E-state index contributed by atoms with van der Waals surface area (Å²) < 4.78 is 38.1. The van der Waals surface area contributed by atoms with Gasteiger partial charge in [0.15, 0.2) is 0 Å². The maximum absolute atomic E-state index is 12.7. The topological polar surface area (TPSA) is 12.0 Å². The number of rotatable bonds is 4. The number of anilines is 1. The molecule has 0 radical (unpaired) electrons. The number of alkyl halides is 3. The first kappa shape index (κ1) is 15.4. The Morgan fingerprint density at radius 2 is 2.00 bits per heavy atom. The second kappa shape index (κ2) is 6.66. The van der Waals surface area contributed by atoms with Gasteiger partial charge < -0.3 is 5.32 Å². The molecular formula is C17H18F3N. The van der Waals surface area contributed by atoms with Gasteiger partial charge in [0.25, 0.3) is 0 Å². The normalized spacial score (nSPS) is 15.2. The fraction of sp³-hybridized carbons (Fsp3) is 0.294. The van der Waals surface area contributed by atoms with E-state index >= 15 is 0 Å². The molecule has 0 fully saturated rings. The molecule has 0 bridgehead atoms. The van der Waals surface area contributed by atoms with Gasteiger partial charge in [-0.15, -0.1) is 0 Å². The molecule has 1 nitrogen and oxygen atoms in total. The first-order valence-electron chi connectivity index (χ1n) is 6.99. The van der Waals surface area contributed by atoms with Crippen molar-refractivity contribution in [3.05, 3.63) is 59.7 Å². The molecule has 1 aliphatic carbocycles. The van der Waals surface area contributed by atoms with Crippen LogP contribution in [-0.2, 0) is 0 Å². The lowest BCUT2D eigenvalue weighted by Crippen LogP contribution is -2.09. The highest BCUT2D eigenvalue weighted by Crippen LogP contribution is 2.31. The third kappa shape index (κ3) is 4.25. The number of halogens is 3. The van der Waals surface area contributed by atoms with Crippen LogP contribution in [0.2, 0.25) is 0 Å². The van der Waals surface area contributed by atoms with Gasteiger partial charge in [-0.1, -0.05) is 37.3 Å². The van der Waals surface area contributed by atoms with Gasteiger partial charge in [0.2, 0.25) is 0 Å². The highest BCUT2D eigenvalue weighted by atomic mass is 19.4. The van der Waals surface area contributed by atoms with Crippen LogP contribution in [0.1, 0.15) is 25.3 Å². The molecular weight excluding hydrogens is 275 g/mol. The van der Waals surface area contributed by atoms with Gasteiger partial charge in [-0.05, 0) is 42.2 Å². The van der Waals surface area contributed by atoms with Crippen molar-refractivity contribution in [2.45, 2.75) is 25.9 Å². The summed E-state index contributed by atoms with van der Waals surface area (Å²) in [5.41, 5.74) is 2.20. The lowest BCUT2D eigenvalue weighted by Gasteiger charge is -2.09. The zero-order chi connectivity index (χ0) is 15.3. The van der Waals surface area contributed by atoms with E-state index in [0.717, 1.165) is 41.9 Å². The van der Waals surface area contributed by atoms with Crippen molar-refractivity contribution in [1.29, 1.82) is 0 Å². The molecule has 1 aromatic rings. The third-order valence-corrected chi connectivity index (χ3v) is 3.24. The Morgan fingerprint density at radius 1 is 1.19 bits per heavy atom. The third-order valence-electron chi connectivity index (χ3n) is 3.24. The Bertz CT molecular complexity index is 580. The minimum Gasteiger partial charge on any atom is -0.385 e. The molecule has 0 heterocycles. The Morgan fingerprint density at radius 3 is 2.71 bits per heavy atom. The molecule has 0 amide bonds. The summed E-state index contributed by atoms with van der Waals surface area (Å²) in [7, 11) is 0. The standard InChI is InChI=1S/C17H18F3N/c1-2-11-21-16-8-4-6-14(12-16)13-5-3-7-15(10-9-13)17(18,19)20/h3-4,6-10,12,21H,2,5,11H2,1H3. The molecule has 0 saturated heterocycles. The fourth-order valence-electron chi connectivity index (χ4n) is 2.13. The monoisotopic (exact) mass is 293 g/mol. The Balaban J connectivity index is 2.24. The van der Waals surface area contributed by atoms with E-state index in [4.69, 9.17) is 0 Å². The SMILES string of the molecule is CCCNc1cccc(C2=CC=C(C(F)(F)F)C=CC2)c1. The predicted octanol–water partition coefficient (Wildman–Crippen LogP) is 5.34. The predicted molar refractivity (Wildman–Crippen MR) is 81.1 cm³/mol. The highest BCUT2D eigenvalue weighted by molar-refractivity contribution is 5.72. The van der Waals surface area contributed by atoms with E-state index in [2.05, 4.69) is 12.2 Å². The van der Waals surface area contributed by atoms with Crippen LogP contribution >= 0.6 is 0 Å². The van der Waals surface area contributed by atoms with Crippen molar-refractivity contribution in [3.8, 4) is 0 Å². The average molecular weight is 293 g/mol. The summed E-state index contributed by atoms with van der Waals surface area (Å²) in [5.74, 6) is 0. The molecule has 112 valence electrons. The number of allylic oxidation sites excluding steroid dienone is 6. The first-order chi connectivity index (χ1) is 10.0. The van der Waals surface area contributed by atoms with Gasteiger partial charge >= 0.3 is 6.18 Å². The molecule has 0 aliphatic heterocycles. The van der Waals surface area contributed by atoms with Crippen LogP contribution in [0.25, 0.3) is 5.57 Å². The van der Waals surface area contributed by atoms with Gasteiger partial charge in [-0.3, -0.25) is 0 Å². The van der Waals surface area contributed by atoms with E-state index < -0.39 is 11.7 Å². The number of benzene rings is 1. The Hall–Kier alpha value is -1.97. The quantitative estimate of drug-likeness (QED) is 0.790. The van der Waals surface area contributed by atoms with Crippen LogP contribution in [0.4, 0.5) is 18.9 Å². The molecule has 2 rings (SSSR count). The molecule has 0 saturated carbocycles. The van der Waals surface area contributed by atoms with Crippen LogP contribution in [-0.4, -0.2) is 12.7 Å². The minimum absolute atomic E-state index is 0.493. The van der Waals surface area contributed by atoms with Gasteiger partial charge in [0, 0.05) is 12.2 Å². The van der Waals surface area contributed by atoms with Gasteiger partial charge in [0.1, 0.15) is 0 Å². The number of hydrogen-bond donors (Lipinski definition) is 1. The van der Waals surface area contributed by atoms with E-state index in [0.29, 0.717) is 6.42 Å². The zero-order valence-electron chi connectivity index (χ0n) is 11.9. The second-order valence-corrected chi connectivity index (χ2v) is 4.93. The summed E-state index contributed by atoms with van der Waals surface area (Å²) in [4.78, 5) is 0. The summed E-state index contributed by atoms with van der Waals surface area (Å²) in [6.07, 6.45) is 2.62. The van der Waals surface area contributed by atoms with E-state index in [-0.39, 0.29) is 0 Å². The summed E-state index contributed by atoms with van der Waals surface area (Å²) in [6, 6.07) is 7.77. The average Bonchev–Trinajstić information content (AvgIpc) is 2.71. The van der Waals surface area contributed by atoms with Crippen LogP contribution < -0.4 is 5.32 Å². The smallest absolute Gasteiger partial charge is 0.385 e. The maximum atomic E-state index is 12.7. The Labute approximate surface area is 122 Å². The summed E-state index contributed by atoms with van der Waals surface area (Å²) >= 11 is 0. The largest absolute Gasteiger partial charge is 0.416 e. The van der Waals surface area contributed by atoms with Gasteiger partial charge in [-0.2, -0.15) is 13.2 Å². The summed E-state index contributed by atoms with van der Waals surface area (Å²) in [6.45, 7) is 2.96. The van der Waals surface area contributed by atoms with E-state index in [1.54, 1.807) is 12.2 Å². The van der Waals surface area contributed by atoms with Crippen molar-refractivity contribution in [1.82, 2.24) is 0 Å². The molecule has 0 spiro atoms. The van der Waals surface area contributed by atoms with Crippen LogP contribution in [0, 0.1) is 0 Å². The Kier molecular flexibility index (Phi) is 4.89. The molecule has 21 heavy (non-hydrogen) atoms. The molecule has 4 heteroatoms. The second-order valence-electron chi connectivity index (χ2n) is 4.93. The number of hydrogen-bond acceptors (Lipinski definition) is 1. The van der Waals surface area contributed by atoms with Crippen LogP contribution in [0.15, 0.2) is 54.1 Å². The van der Waals surface area contributed by atoms with Crippen molar-refractivity contribution in [3.63, 3.8) is 0 Å². The molecule has 0 atom stereocenters. The van der Waals surface area contributed by atoms with E-state index in [1.807, 2.05) is 24.3 Å². The maximum Gasteiger partial charge on any atom is 0.416 e. The lowest BCUT2D eigenvalue weighted by atomic mass is 10.0. The van der Waals surface area contributed by atoms with Crippen molar-refractivity contribution < 1.29 is 13.2 Å². The van der Waals surface area contributed by atoms with Gasteiger partial charge in [-0.25, -0.2) is 0 Å².